The molecule has 0 spiro atoms. The Kier molecular flexibility index (Phi) is 2.96. The van der Waals surface area contributed by atoms with Crippen LogP contribution in [0.2, 0.25) is 0 Å². The molecule has 0 aliphatic heterocycles. The largest absolute Gasteiger partial charge is 0.410 e. The first kappa shape index (κ1) is 8.74. The van der Waals surface area contributed by atoms with Gasteiger partial charge >= 0.3 is 6.18 Å². The van der Waals surface area contributed by atoms with Crippen LogP contribution in [0, 0.1) is 0 Å². The van der Waals surface area contributed by atoms with Crippen molar-refractivity contribution < 1.29 is 18.4 Å². The molecule has 0 saturated carbocycles. The van der Waals surface area contributed by atoms with Crippen molar-refractivity contribution in [1.29, 1.82) is 0 Å². The summed E-state index contributed by atoms with van der Waals surface area (Å²) in [5, 5.41) is 10.0. The number of halogens is 4. The van der Waals surface area contributed by atoms with E-state index in [1.165, 1.54) is 0 Å². The predicted octanol–water partition coefficient (Wildman–Crippen LogP) is 2.12. The lowest BCUT2D eigenvalue weighted by atomic mass is 10.5. The molecule has 6 heteroatoms. The molecule has 0 atom stereocenters. The fraction of sp³-hybridized carbons (Fsp3) is 0.667. The lowest BCUT2D eigenvalue weighted by Crippen LogP contribution is -2.10. The van der Waals surface area contributed by atoms with Crippen LogP contribution in [0.3, 0.4) is 0 Å². The topological polar surface area (TPSA) is 32.6 Å². The standard InChI is InChI=1S/C3H3BrF3NO/c4-2(8-9)1-3(5,6)7/h9H,1H2. The first-order valence-electron chi connectivity index (χ1n) is 1.89. The van der Waals surface area contributed by atoms with Gasteiger partial charge < -0.3 is 5.21 Å². The molecule has 54 valence electrons. The predicted molar refractivity (Wildman–Crippen MR) is 28.8 cm³/mol. The quantitative estimate of drug-likeness (QED) is 0.397. The Labute approximate surface area is 57.5 Å². The molecule has 0 aliphatic carbocycles. The van der Waals surface area contributed by atoms with Crippen LogP contribution in [-0.2, 0) is 0 Å². The van der Waals surface area contributed by atoms with Crippen molar-refractivity contribution in [3.63, 3.8) is 0 Å². The molecular formula is C3H3BrF3NO. The molecule has 0 bridgehead atoms. The van der Waals surface area contributed by atoms with Crippen molar-refractivity contribution in [2.24, 2.45) is 5.16 Å². The maximum Gasteiger partial charge on any atom is 0.395 e. The van der Waals surface area contributed by atoms with E-state index in [9.17, 15) is 13.2 Å². The summed E-state index contributed by atoms with van der Waals surface area (Å²) in [4.78, 5) is 0. The summed E-state index contributed by atoms with van der Waals surface area (Å²) >= 11 is 2.39. The molecule has 0 aromatic heterocycles. The molecule has 0 aromatic rings. The summed E-state index contributed by atoms with van der Waals surface area (Å²) in [6.07, 6.45) is -5.55. The molecule has 0 aromatic carbocycles. The zero-order valence-electron chi connectivity index (χ0n) is 4.11. The molecule has 0 rings (SSSR count). The van der Waals surface area contributed by atoms with Gasteiger partial charge in [0.05, 0.1) is 6.42 Å². The molecule has 0 radical (unpaired) electrons. The van der Waals surface area contributed by atoms with Gasteiger partial charge in [0, 0.05) is 0 Å². The van der Waals surface area contributed by atoms with Crippen LogP contribution in [0.15, 0.2) is 5.16 Å². The first-order chi connectivity index (χ1) is 3.95. The molecule has 0 saturated heterocycles. The van der Waals surface area contributed by atoms with Crippen LogP contribution in [-0.4, -0.2) is 16.0 Å². The highest BCUT2D eigenvalue weighted by atomic mass is 79.9. The number of oxime groups is 1. The molecule has 0 aliphatic rings. The number of alkyl halides is 3. The second kappa shape index (κ2) is 3.05. The summed E-state index contributed by atoms with van der Waals surface area (Å²) < 4.78 is 33.3. The Balaban J connectivity index is 3.75. The third kappa shape index (κ3) is 5.61. The van der Waals surface area contributed by atoms with E-state index in [4.69, 9.17) is 5.21 Å². The summed E-state index contributed by atoms with van der Waals surface area (Å²) in [7, 11) is 0. The molecule has 9 heavy (non-hydrogen) atoms. The lowest BCUT2D eigenvalue weighted by Gasteiger charge is -2.01. The number of hydrogen-bond acceptors (Lipinski definition) is 2. The van der Waals surface area contributed by atoms with Gasteiger partial charge in [-0.05, 0) is 15.9 Å². The van der Waals surface area contributed by atoms with Gasteiger partial charge in [-0.15, -0.1) is 0 Å². The van der Waals surface area contributed by atoms with Crippen molar-refractivity contribution in [3.8, 4) is 0 Å². The molecule has 0 fully saturated rings. The Morgan fingerprint density at radius 2 is 2.00 bits per heavy atom. The third-order valence-corrected chi connectivity index (χ3v) is 0.894. The van der Waals surface area contributed by atoms with Crippen LogP contribution >= 0.6 is 15.9 Å². The maximum atomic E-state index is 11.3. The number of rotatable bonds is 1. The zero-order valence-corrected chi connectivity index (χ0v) is 5.70. The van der Waals surface area contributed by atoms with E-state index in [-0.39, 0.29) is 0 Å². The number of hydrogen-bond donors (Lipinski definition) is 1. The fourth-order valence-electron chi connectivity index (χ4n) is 0.201. The lowest BCUT2D eigenvalue weighted by molar-refractivity contribution is -0.120. The Hall–Kier alpha value is -0.260. The summed E-state index contributed by atoms with van der Waals surface area (Å²) in [5.74, 6) is 0. The highest BCUT2D eigenvalue weighted by molar-refractivity contribution is 9.18. The maximum absolute atomic E-state index is 11.3. The van der Waals surface area contributed by atoms with Crippen LogP contribution in [0.4, 0.5) is 13.2 Å². The summed E-state index contributed by atoms with van der Waals surface area (Å²) in [5.41, 5.74) is 0. The zero-order chi connectivity index (χ0) is 7.49. The molecule has 0 amide bonds. The van der Waals surface area contributed by atoms with Gasteiger partial charge in [0.15, 0.2) is 0 Å². The monoisotopic (exact) mass is 205 g/mol. The van der Waals surface area contributed by atoms with E-state index in [1.807, 2.05) is 0 Å². The van der Waals surface area contributed by atoms with E-state index in [2.05, 4.69) is 21.1 Å². The van der Waals surface area contributed by atoms with Crippen molar-refractivity contribution in [1.82, 2.24) is 0 Å². The number of nitrogens with zero attached hydrogens (tertiary/aromatic N) is 1. The van der Waals surface area contributed by atoms with Crippen LogP contribution in [0.1, 0.15) is 6.42 Å². The normalized spacial score (nSPS) is 14.0. The SMILES string of the molecule is ON=C(Br)CC(F)(F)F. The molecule has 2 nitrogen and oxygen atoms in total. The fourth-order valence-corrected chi connectivity index (χ4v) is 0.519. The highest BCUT2D eigenvalue weighted by Crippen LogP contribution is 2.21. The molecular weight excluding hydrogens is 203 g/mol. The van der Waals surface area contributed by atoms with Gasteiger partial charge in [0.2, 0.25) is 0 Å². The minimum atomic E-state index is -4.31. The van der Waals surface area contributed by atoms with E-state index in [0.29, 0.717) is 0 Å². The van der Waals surface area contributed by atoms with Gasteiger partial charge in [-0.25, -0.2) is 0 Å². The Morgan fingerprint density at radius 3 is 2.11 bits per heavy atom. The average Bonchev–Trinajstić information content (AvgIpc) is 1.62. The molecule has 0 heterocycles. The second-order valence-corrected chi connectivity index (χ2v) is 2.18. The van der Waals surface area contributed by atoms with E-state index in [1.54, 1.807) is 0 Å². The Bertz CT molecular complexity index is 121. The van der Waals surface area contributed by atoms with Crippen LogP contribution in [0.5, 0.6) is 0 Å². The Morgan fingerprint density at radius 1 is 1.56 bits per heavy atom. The highest BCUT2D eigenvalue weighted by Gasteiger charge is 2.29. The average molecular weight is 206 g/mol. The van der Waals surface area contributed by atoms with Gasteiger partial charge in [-0.3, -0.25) is 0 Å². The van der Waals surface area contributed by atoms with Gasteiger partial charge in [-0.1, -0.05) is 5.16 Å². The van der Waals surface area contributed by atoms with Gasteiger partial charge in [-0.2, -0.15) is 13.2 Å². The minimum Gasteiger partial charge on any atom is -0.410 e. The van der Waals surface area contributed by atoms with E-state index < -0.39 is 17.2 Å². The smallest absolute Gasteiger partial charge is 0.395 e. The molecule has 1 N–H and O–H groups in total. The van der Waals surface area contributed by atoms with Crippen molar-refractivity contribution in [2.45, 2.75) is 12.6 Å². The van der Waals surface area contributed by atoms with Gasteiger partial charge in [0.1, 0.15) is 4.62 Å². The second-order valence-electron chi connectivity index (χ2n) is 1.27. The van der Waals surface area contributed by atoms with Gasteiger partial charge in [0.25, 0.3) is 0 Å². The van der Waals surface area contributed by atoms with Crippen LogP contribution < -0.4 is 0 Å². The van der Waals surface area contributed by atoms with Crippen molar-refractivity contribution in [3.05, 3.63) is 0 Å². The summed E-state index contributed by atoms with van der Waals surface area (Å²) in [6.45, 7) is 0. The summed E-state index contributed by atoms with van der Waals surface area (Å²) in [6, 6.07) is 0. The minimum absolute atomic E-state index is 0.519. The van der Waals surface area contributed by atoms with Crippen LogP contribution in [0.25, 0.3) is 0 Å². The third-order valence-electron chi connectivity index (χ3n) is 0.455. The first-order valence-corrected chi connectivity index (χ1v) is 2.68. The van der Waals surface area contributed by atoms with Crippen molar-refractivity contribution in [2.75, 3.05) is 0 Å². The molecule has 0 unspecified atom stereocenters. The van der Waals surface area contributed by atoms with E-state index in [0.717, 1.165) is 0 Å². The van der Waals surface area contributed by atoms with E-state index >= 15 is 0 Å². The van der Waals surface area contributed by atoms with Crippen molar-refractivity contribution >= 4 is 20.6 Å².